The Balaban J connectivity index is 0.000000806. The number of carboxylic acid groups (broad SMARTS) is 1. The molecule has 1 saturated heterocycles. The number of ether oxygens (including phenoxy) is 1. The molecule has 1 saturated carbocycles. The number of aliphatic hydroxyl groups excluding tert-OH is 1. The molecule has 9 nitrogen and oxygen atoms in total. The monoisotopic (exact) mass is 419 g/mol. The topological polar surface area (TPSA) is 133 Å². The van der Waals surface area contributed by atoms with E-state index in [1.807, 2.05) is 0 Å². The number of benzene rings is 1. The minimum Gasteiger partial charge on any atom is -0.488 e. The van der Waals surface area contributed by atoms with Gasteiger partial charge in [-0.05, 0) is 48.9 Å². The van der Waals surface area contributed by atoms with Gasteiger partial charge in [0.1, 0.15) is 17.7 Å². The molecule has 4 atom stereocenters. The molecular weight excluding hydrogens is 397 g/mol. The summed E-state index contributed by atoms with van der Waals surface area (Å²) in [6.07, 6.45) is 1.45. The first-order valence-electron chi connectivity index (χ1n) is 9.43. The number of hydrogen-bond donors (Lipinski definition) is 3. The van der Waals surface area contributed by atoms with Crippen LogP contribution in [0.3, 0.4) is 0 Å². The zero-order chi connectivity index (χ0) is 21.7. The predicted molar refractivity (Wildman–Crippen MR) is 102 cm³/mol. The summed E-state index contributed by atoms with van der Waals surface area (Å²) < 4.78 is 18.9. The number of carbonyl (C=O) groups is 2. The summed E-state index contributed by atoms with van der Waals surface area (Å²) in [7, 11) is 0. The molecule has 30 heavy (non-hydrogen) atoms. The first kappa shape index (κ1) is 21.4. The van der Waals surface area contributed by atoms with Crippen LogP contribution in [0, 0.1) is 17.7 Å². The summed E-state index contributed by atoms with van der Waals surface area (Å²) in [6.45, 7) is 0.836. The Morgan fingerprint density at radius 3 is 2.50 bits per heavy atom. The van der Waals surface area contributed by atoms with Gasteiger partial charge < -0.3 is 19.8 Å². The summed E-state index contributed by atoms with van der Waals surface area (Å²) in [6, 6.07) is 6.96. The number of aromatic nitrogens is 2. The van der Waals surface area contributed by atoms with Crippen LogP contribution in [0.5, 0.6) is 5.75 Å². The van der Waals surface area contributed by atoms with Crippen molar-refractivity contribution in [1.29, 1.82) is 0 Å². The van der Waals surface area contributed by atoms with Crippen molar-refractivity contribution in [3.8, 4) is 5.75 Å². The number of likely N-dealkylation sites (tertiary alicyclic amines) is 1. The van der Waals surface area contributed by atoms with Crippen molar-refractivity contribution in [3.05, 3.63) is 58.3 Å². The lowest BCUT2D eigenvalue weighted by Gasteiger charge is -2.35. The number of halogens is 1. The van der Waals surface area contributed by atoms with Gasteiger partial charge in [-0.3, -0.25) is 14.4 Å². The summed E-state index contributed by atoms with van der Waals surface area (Å²) in [5.74, 6) is 0.337. The minimum absolute atomic E-state index is 0.187. The van der Waals surface area contributed by atoms with Gasteiger partial charge in [0.15, 0.2) is 0 Å². The maximum atomic E-state index is 13.0. The van der Waals surface area contributed by atoms with Gasteiger partial charge in [0.25, 0.3) is 17.9 Å². The second-order valence-electron chi connectivity index (χ2n) is 7.32. The van der Waals surface area contributed by atoms with Crippen LogP contribution in [0.1, 0.15) is 23.2 Å². The second kappa shape index (κ2) is 9.49. The third kappa shape index (κ3) is 5.01. The average Bonchev–Trinajstić information content (AvgIpc) is 3.12. The van der Waals surface area contributed by atoms with Gasteiger partial charge in [0.2, 0.25) is 0 Å². The number of fused-ring (bicyclic) bond motifs is 1. The standard InChI is InChI=1S/C19H20FN3O4.CH2O2/c20-14-1-3-15(4-2-14)27-17-6-13-10-23(9-12(13)5-16(17)24)19(26)11-7-18(25)22-21-8-11;2-1-3/h1-4,7-8,12-13,16-17,24H,5-6,9-10H2,(H,22,25);1H,(H,2,3)/t12-,13+,16+,17+;/m0./s1. The Morgan fingerprint density at radius 2 is 1.87 bits per heavy atom. The molecule has 10 heteroatoms. The molecule has 1 aliphatic carbocycles. The molecule has 1 amide bonds. The van der Waals surface area contributed by atoms with Crippen molar-refractivity contribution in [1.82, 2.24) is 15.1 Å². The molecule has 2 fully saturated rings. The minimum atomic E-state index is -0.646. The normalized spacial score (nSPS) is 24.9. The zero-order valence-electron chi connectivity index (χ0n) is 16.0. The molecule has 0 spiro atoms. The van der Waals surface area contributed by atoms with Crippen LogP contribution in [0.2, 0.25) is 0 Å². The third-order valence-electron chi connectivity index (χ3n) is 5.39. The SMILES string of the molecule is O=C(c1cn[nH]c(=O)c1)N1C[C@H]2C[C@@H](Oc3ccc(F)cc3)[C@H](O)C[C@H]2C1.O=CO. The van der Waals surface area contributed by atoms with E-state index >= 15 is 0 Å². The smallest absolute Gasteiger partial charge is 0.290 e. The zero-order valence-corrected chi connectivity index (χ0v) is 16.0. The number of nitrogens with one attached hydrogen (secondary N) is 1. The maximum Gasteiger partial charge on any atom is 0.290 e. The maximum absolute atomic E-state index is 13.0. The molecule has 0 bridgehead atoms. The highest BCUT2D eigenvalue weighted by Crippen LogP contribution is 2.38. The number of H-pyrrole nitrogens is 1. The molecule has 2 aliphatic rings. The summed E-state index contributed by atoms with van der Waals surface area (Å²) >= 11 is 0. The Kier molecular flexibility index (Phi) is 6.78. The molecule has 0 radical (unpaired) electrons. The number of aliphatic hydroxyl groups is 1. The van der Waals surface area contributed by atoms with Crippen LogP contribution in [-0.2, 0) is 4.79 Å². The number of rotatable bonds is 3. The van der Waals surface area contributed by atoms with E-state index in [0.29, 0.717) is 31.7 Å². The lowest BCUT2D eigenvalue weighted by atomic mass is 9.78. The van der Waals surface area contributed by atoms with E-state index < -0.39 is 17.8 Å². The predicted octanol–water partition coefficient (Wildman–Crippen LogP) is 0.900. The highest BCUT2D eigenvalue weighted by atomic mass is 19.1. The van der Waals surface area contributed by atoms with E-state index in [4.69, 9.17) is 14.6 Å². The second-order valence-corrected chi connectivity index (χ2v) is 7.32. The van der Waals surface area contributed by atoms with Crippen LogP contribution >= 0.6 is 0 Å². The summed E-state index contributed by atoms with van der Waals surface area (Å²) in [5.41, 5.74) is -0.155. The first-order valence-corrected chi connectivity index (χ1v) is 9.43. The highest BCUT2D eigenvalue weighted by Gasteiger charge is 2.44. The first-order chi connectivity index (χ1) is 14.4. The van der Waals surface area contributed by atoms with Gasteiger partial charge in [-0.15, -0.1) is 0 Å². The number of nitrogens with zero attached hydrogens (tertiary/aromatic N) is 2. The number of amides is 1. The number of aromatic amines is 1. The lowest BCUT2D eigenvalue weighted by molar-refractivity contribution is -0.122. The fourth-order valence-electron chi connectivity index (χ4n) is 4.05. The molecular formula is C20H22FN3O6. The van der Waals surface area contributed by atoms with E-state index in [0.717, 1.165) is 0 Å². The molecule has 160 valence electrons. The Hall–Kier alpha value is -3.27. The fraction of sp³-hybridized carbons (Fsp3) is 0.400. The van der Waals surface area contributed by atoms with Gasteiger partial charge in [0.05, 0.1) is 17.9 Å². The van der Waals surface area contributed by atoms with Crippen LogP contribution in [0.4, 0.5) is 4.39 Å². The van der Waals surface area contributed by atoms with Gasteiger partial charge in [-0.1, -0.05) is 0 Å². The highest BCUT2D eigenvalue weighted by molar-refractivity contribution is 5.94. The molecule has 1 aromatic heterocycles. The Labute approximate surface area is 171 Å². The summed E-state index contributed by atoms with van der Waals surface area (Å²) in [5, 5.41) is 23.3. The van der Waals surface area contributed by atoms with E-state index in [1.165, 1.54) is 24.4 Å². The van der Waals surface area contributed by atoms with E-state index in [1.54, 1.807) is 17.0 Å². The molecule has 4 rings (SSSR count). The molecule has 3 N–H and O–H groups in total. The van der Waals surface area contributed by atoms with Gasteiger partial charge in [-0.2, -0.15) is 5.10 Å². The van der Waals surface area contributed by atoms with E-state index in [2.05, 4.69) is 10.2 Å². The van der Waals surface area contributed by atoms with Crippen molar-refractivity contribution in [2.75, 3.05) is 13.1 Å². The van der Waals surface area contributed by atoms with Crippen molar-refractivity contribution in [2.24, 2.45) is 11.8 Å². The molecule has 1 aliphatic heterocycles. The molecule has 1 aromatic carbocycles. The van der Waals surface area contributed by atoms with Crippen molar-refractivity contribution < 1.29 is 28.9 Å². The van der Waals surface area contributed by atoms with E-state index in [9.17, 15) is 19.1 Å². The van der Waals surface area contributed by atoms with Crippen molar-refractivity contribution in [2.45, 2.75) is 25.0 Å². The van der Waals surface area contributed by atoms with E-state index in [-0.39, 0.29) is 35.6 Å². The van der Waals surface area contributed by atoms with Crippen LogP contribution in [0.15, 0.2) is 41.3 Å². The third-order valence-corrected chi connectivity index (χ3v) is 5.39. The largest absolute Gasteiger partial charge is 0.488 e. The fourth-order valence-corrected chi connectivity index (χ4v) is 4.05. The van der Waals surface area contributed by atoms with Crippen LogP contribution in [0.25, 0.3) is 0 Å². The Bertz CT molecular complexity index is 935. The molecule has 2 heterocycles. The van der Waals surface area contributed by atoms with Gasteiger partial charge in [0, 0.05) is 19.2 Å². The van der Waals surface area contributed by atoms with Crippen LogP contribution in [-0.4, -0.2) is 63.0 Å². The summed E-state index contributed by atoms with van der Waals surface area (Å²) in [4.78, 5) is 34.1. The average molecular weight is 419 g/mol. The van der Waals surface area contributed by atoms with Crippen LogP contribution < -0.4 is 10.3 Å². The number of hydrogen-bond acceptors (Lipinski definition) is 6. The lowest BCUT2D eigenvalue weighted by Crippen LogP contribution is -2.42. The molecule has 2 aromatic rings. The quantitative estimate of drug-likeness (QED) is 0.630. The van der Waals surface area contributed by atoms with Gasteiger partial charge in [-0.25, -0.2) is 9.49 Å². The Morgan fingerprint density at radius 1 is 1.23 bits per heavy atom. The number of carbonyl (C=O) groups excluding carboxylic acids is 1. The van der Waals surface area contributed by atoms with Crippen molar-refractivity contribution in [3.63, 3.8) is 0 Å². The van der Waals surface area contributed by atoms with Crippen molar-refractivity contribution >= 4 is 12.4 Å². The van der Waals surface area contributed by atoms with Gasteiger partial charge >= 0.3 is 0 Å². The molecule has 0 unspecified atom stereocenters.